The van der Waals surface area contributed by atoms with E-state index < -0.39 is 0 Å². The first kappa shape index (κ1) is 8.76. The minimum atomic E-state index is 0.970. The van der Waals surface area contributed by atoms with Gasteiger partial charge in [0, 0.05) is 0 Å². The first-order chi connectivity index (χ1) is 3.91. The van der Waals surface area contributed by atoms with Crippen LogP contribution in [0.3, 0.4) is 0 Å². The van der Waals surface area contributed by atoms with Gasteiger partial charge in [0.15, 0.2) is 0 Å². The van der Waals surface area contributed by atoms with E-state index in [1.54, 1.807) is 0 Å². The van der Waals surface area contributed by atoms with Crippen LogP contribution in [0.5, 0.6) is 0 Å². The van der Waals surface area contributed by atoms with Gasteiger partial charge in [-0.2, -0.15) is 0 Å². The molecule has 0 aromatic carbocycles. The molecule has 0 atom stereocenters. The average molecular weight is 221 g/mol. The van der Waals surface area contributed by atoms with Crippen molar-refractivity contribution in [3.8, 4) is 0 Å². The topological polar surface area (TPSA) is 9.23 Å². The summed E-state index contributed by atoms with van der Waals surface area (Å²) in [6.07, 6.45) is 2.47. The SMILES string of the molecule is CCCCOC[CH2][SnH]. The maximum absolute atomic E-state index is 5.26. The number of hydrogen-bond donors (Lipinski definition) is 0. The standard InChI is InChI=1S/C6H13O.Sn.H/c1-3-5-6-7-4-2;;/h2-6H2,1H3;;. The van der Waals surface area contributed by atoms with Crippen LogP contribution in [0.1, 0.15) is 19.8 Å². The van der Waals surface area contributed by atoms with Crippen LogP contribution < -0.4 is 0 Å². The molecule has 1 nitrogen and oxygen atoms in total. The molecule has 0 aliphatic heterocycles. The molecule has 0 unspecified atom stereocenters. The molecule has 2 heteroatoms. The zero-order chi connectivity index (χ0) is 6.24. The molecule has 0 rings (SSSR count). The van der Waals surface area contributed by atoms with Crippen LogP contribution in [0.15, 0.2) is 0 Å². The quantitative estimate of drug-likeness (QED) is 0.499. The summed E-state index contributed by atoms with van der Waals surface area (Å²) in [6, 6.07) is 0. The molecule has 0 bridgehead atoms. The summed E-state index contributed by atoms with van der Waals surface area (Å²) in [5, 5.41) is 0. The number of ether oxygens (including phenoxy) is 1. The van der Waals surface area contributed by atoms with Crippen molar-refractivity contribution in [2.45, 2.75) is 24.2 Å². The minimum absolute atomic E-state index is 0.970. The number of unbranched alkanes of at least 4 members (excludes halogenated alkanes) is 1. The molecule has 0 saturated carbocycles. The summed E-state index contributed by atoms with van der Waals surface area (Å²) in [5.41, 5.74) is 0. The molecule has 0 aromatic rings. The van der Waals surface area contributed by atoms with Gasteiger partial charge in [-0.05, 0) is 0 Å². The van der Waals surface area contributed by atoms with Crippen LogP contribution in [0.4, 0.5) is 0 Å². The van der Waals surface area contributed by atoms with E-state index in [1.807, 2.05) is 0 Å². The van der Waals surface area contributed by atoms with E-state index in [4.69, 9.17) is 4.74 Å². The van der Waals surface area contributed by atoms with Gasteiger partial charge in [0.05, 0.1) is 0 Å². The van der Waals surface area contributed by atoms with Crippen molar-refractivity contribution in [2.75, 3.05) is 13.2 Å². The molecule has 0 heterocycles. The second kappa shape index (κ2) is 7.76. The Balaban J connectivity index is 2.53. The van der Waals surface area contributed by atoms with Crippen molar-refractivity contribution in [3.05, 3.63) is 0 Å². The summed E-state index contributed by atoms with van der Waals surface area (Å²) in [6.45, 7) is 4.14. The van der Waals surface area contributed by atoms with Gasteiger partial charge in [-0.1, -0.05) is 0 Å². The van der Waals surface area contributed by atoms with Crippen LogP contribution in [0, 0.1) is 0 Å². The van der Waals surface area contributed by atoms with Crippen molar-refractivity contribution < 1.29 is 4.74 Å². The Labute approximate surface area is 64.9 Å². The van der Waals surface area contributed by atoms with E-state index in [9.17, 15) is 0 Å². The monoisotopic (exact) mass is 222 g/mol. The summed E-state index contributed by atoms with van der Waals surface area (Å²) in [7, 11) is 0. The van der Waals surface area contributed by atoms with Crippen molar-refractivity contribution in [3.63, 3.8) is 0 Å². The van der Waals surface area contributed by atoms with Gasteiger partial charge in [0.2, 0.25) is 0 Å². The summed E-state index contributed by atoms with van der Waals surface area (Å²) in [4.78, 5) is 0. The number of rotatable bonds is 5. The summed E-state index contributed by atoms with van der Waals surface area (Å²) >= 11 is 1.34. The van der Waals surface area contributed by atoms with Gasteiger partial charge >= 0.3 is 64.7 Å². The third-order valence-electron chi connectivity index (χ3n) is 0.904. The first-order valence-corrected chi connectivity index (χ1v) is 5.52. The van der Waals surface area contributed by atoms with Crippen molar-refractivity contribution in [1.29, 1.82) is 0 Å². The number of hydrogen-bond acceptors (Lipinski definition) is 1. The van der Waals surface area contributed by atoms with Crippen LogP contribution in [-0.4, -0.2) is 35.7 Å². The van der Waals surface area contributed by atoms with Gasteiger partial charge < -0.3 is 0 Å². The second-order valence-electron chi connectivity index (χ2n) is 1.75. The van der Waals surface area contributed by atoms with Crippen molar-refractivity contribution in [1.82, 2.24) is 0 Å². The molecular formula is C6H14OSn. The fraction of sp³-hybridized carbons (Fsp3) is 1.00. The molecule has 8 heavy (non-hydrogen) atoms. The molecule has 0 aliphatic carbocycles. The molecule has 0 N–H and O–H groups in total. The van der Waals surface area contributed by atoms with Gasteiger partial charge in [-0.25, -0.2) is 0 Å². The van der Waals surface area contributed by atoms with E-state index in [0.717, 1.165) is 13.2 Å². The third kappa shape index (κ3) is 6.76. The van der Waals surface area contributed by atoms with E-state index in [-0.39, 0.29) is 0 Å². The van der Waals surface area contributed by atoms with E-state index in [2.05, 4.69) is 6.92 Å². The zero-order valence-corrected chi connectivity index (χ0v) is 8.82. The van der Waals surface area contributed by atoms with Gasteiger partial charge in [-0.3, -0.25) is 0 Å². The van der Waals surface area contributed by atoms with E-state index >= 15 is 0 Å². The Morgan fingerprint density at radius 2 is 2.12 bits per heavy atom. The van der Waals surface area contributed by atoms with Crippen LogP contribution in [0.2, 0.25) is 4.44 Å². The average Bonchev–Trinajstić information content (AvgIpc) is 1.81. The van der Waals surface area contributed by atoms with Gasteiger partial charge in [0.25, 0.3) is 0 Å². The molecule has 0 aromatic heterocycles. The predicted molar refractivity (Wildman–Crippen MR) is 37.7 cm³/mol. The van der Waals surface area contributed by atoms with Crippen LogP contribution >= 0.6 is 0 Å². The fourth-order valence-corrected chi connectivity index (χ4v) is 0.907. The maximum atomic E-state index is 5.26. The molecule has 0 spiro atoms. The Kier molecular flexibility index (Phi) is 8.49. The predicted octanol–water partition coefficient (Wildman–Crippen LogP) is 1.12. The Hall–Kier alpha value is 0.759. The van der Waals surface area contributed by atoms with Crippen molar-refractivity contribution in [2.24, 2.45) is 0 Å². The Morgan fingerprint density at radius 1 is 1.38 bits per heavy atom. The molecule has 0 saturated heterocycles. The zero-order valence-electron chi connectivity index (χ0n) is 5.52. The van der Waals surface area contributed by atoms with Crippen LogP contribution in [0.25, 0.3) is 0 Å². The molecular weight excluding hydrogens is 207 g/mol. The van der Waals surface area contributed by atoms with E-state index in [0.29, 0.717) is 0 Å². The van der Waals surface area contributed by atoms with Gasteiger partial charge in [-0.15, -0.1) is 0 Å². The Morgan fingerprint density at radius 3 is 2.62 bits per heavy atom. The molecule has 0 aliphatic rings. The van der Waals surface area contributed by atoms with Crippen LogP contribution in [-0.2, 0) is 4.74 Å². The van der Waals surface area contributed by atoms with E-state index in [1.165, 1.54) is 39.8 Å². The fourth-order valence-electron chi connectivity index (χ4n) is 0.432. The van der Waals surface area contributed by atoms with Crippen molar-refractivity contribution >= 4 is 22.5 Å². The Bertz CT molecular complexity index is 33.5. The molecule has 48 valence electrons. The normalized spacial score (nSPS) is 9.75. The summed E-state index contributed by atoms with van der Waals surface area (Å²) in [5.74, 6) is 0. The van der Waals surface area contributed by atoms with Gasteiger partial charge in [0.1, 0.15) is 0 Å². The first-order valence-electron chi connectivity index (χ1n) is 3.19. The molecule has 0 amide bonds. The second-order valence-corrected chi connectivity index (χ2v) is 3.40. The molecule has 2 radical (unpaired) electrons. The third-order valence-corrected chi connectivity index (χ3v) is 1.58. The molecule has 0 fully saturated rings. The summed E-state index contributed by atoms with van der Waals surface area (Å²) < 4.78 is 6.53.